The Morgan fingerprint density at radius 1 is 1.03 bits per heavy atom. The van der Waals surface area contributed by atoms with Crippen LogP contribution in [0.3, 0.4) is 0 Å². The molecule has 1 amide bonds. The fourth-order valence-corrected chi connectivity index (χ4v) is 3.01. The van der Waals surface area contributed by atoms with Crippen molar-refractivity contribution in [1.82, 2.24) is 14.8 Å². The maximum atomic E-state index is 13.2. The Kier molecular flexibility index (Phi) is 5.33. The van der Waals surface area contributed by atoms with Gasteiger partial charge < -0.3 is 10.1 Å². The van der Waals surface area contributed by atoms with Crippen LogP contribution < -0.4 is 10.1 Å². The average molecular weight is 384 g/mol. The van der Waals surface area contributed by atoms with E-state index in [0.717, 1.165) is 11.3 Å². The van der Waals surface area contributed by atoms with Gasteiger partial charge in [0.1, 0.15) is 11.4 Å². The normalized spacial score (nSPS) is 10.5. The summed E-state index contributed by atoms with van der Waals surface area (Å²) < 4.78 is 7.32. The van der Waals surface area contributed by atoms with Gasteiger partial charge in [-0.3, -0.25) is 9.78 Å². The number of nitrogens with zero attached hydrogens (tertiary/aromatic N) is 3. The van der Waals surface area contributed by atoms with E-state index in [0.29, 0.717) is 29.3 Å². The Labute approximate surface area is 168 Å². The highest BCUT2D eigenvalue weighted by Crippen LogP contribution is 2.27. The number of ether oxygens (including phenoxy) is 1. The molecule has 144 valence electrons. The predicted molar refractivity (Wildman–Crippen MR) is 112 cm³/mol. The highest BCUT2D eigenvalue weighted by atomic mass is 16.5. The molecule has 0 radical (unpaired) electrons. The standard InChI is InChI=1S/C23H20N4O2/c1-2-29-21-13-7-6-12-20(21)25-23(28)19-16-27(18-10-4-3-5-11-18)26-22(19)17-9-8-14-24-15-17/h3-16H,2H2,1H3,(H,25,28). The Morgan fingerprint density at radius 3 is 2.59 bits per heavy atom. The van der Waals surface area contributed by atoms with Gasteiger partial charge in [-0.25, -0.2) is 4.68 Å². The van der Waals surface area contributed by atoms with E-state index in [4.69, 9.17) is 4.74 Å². The van der Waals surface area contributed by atoms with Crippen LogP contribution in [0.15, 0.2) is 85.3 Å². The Hall–Kier alpha value is -3.93. The van der Waals surface area contributed by atoms with E-state index >= 15 is 0 Å². The number of para-hydroxylation sites is 3. The molecular weight excluding hydrogens is 364 g/mol. The summed E-state index contributed by atoms with van der Waals surface area (Å²) in [5, 5.41) is 7.61. The number of amides is 1. The number of hydrogen-bond acceptors (Lipinski definition) is 4. The van der Waals surface area contributed by atoms with Crippen molar-refractivity contribution in [1.29, 1.82) is 0 Å². The van der Waals surface area contributed by atoms with Gasteiger partial charge in [-0.2, -0.15) is 5.10 Å². The van der Waals surface area contributed by atoms with Crippen molar-refractivity contribution in [3.63, 3.8) is 0 Å². The maximum absolute atomic E-state index is 13.2. The molecule has 0 unspecified atom stereocenters. The molecule has 4 rings (SSSR count). The van der Waals surface area contributed by atoms with Crippen LogP contribution in [0.1, 0.15) is 17.3 Å². The van der Waals surface area contributed by atoms with Gasteiger partial charge in [0.05, 0.1) is 23.5 Å². The summed E-state index contributed by atoms with van der Waals surface area (Å²) >= 11 is 0. The number of rotatable bonds is 6. The number of hydrogen-bond donors (Lipinski definition) is 1. The lowest BCUT2D eigenvalue weighted by Gasteiger charge is -2.11. The summed E-state index contributed by atoms with van der Waals surface area (Å²) in [7, 11) is 0. The second kappa shape index (κ2) is 8.39. The molecule has 0 bridgehead atoms. The lowest BCUT2D eigenvalue weighted by molar-refractivity contribution is 0.102. The number of benzene rings is 2. The summed E-state index contributed by atoms with van der Waals surface area (Å²) in [5.74, 6) is 0.361. The zero-order valence-electron chi connectivity index (χ0n) is 15.9. The fraction of sp³-hybridized carbons (Fsp3) is 0.0870. The minimum Gasteiger partial charge on any atom is -0.492 e. The topological polar surface area (TPSA) is 69.0 Å². The maximum Gasteiger partial charge on any atom is 0.259 e. The van der Waals surface area contributed by atoms with Gasteiger partial charge in [-0.05, 0) is 43.3 Å². The van der Waals surface area contributed by atoms with Crippen LogP contribution in [0.4, 0.5) is 5.69 Å². The van der Waals surface area contributed by atoms with E-state index in [1.54, 1.807) is 23.3 Å². The van der Waals surface area contributed by atoms with E-state index < -0.39 is 0 Å². The molecule has 2 aromatic heterocycles. The van der Waals surface area contributed by atoms with Crippen molar-refractivity contribution < 1.29 is 9.53 Å². The summed E-state index contributed by atoms with van der Waals surface area (Å²) in [6.07, 6.45) is 5.12. The molecule has 0 spiro atoms. The van der Waals surface area contributed by atoms with Crippen LogP contribution in [-0.2, 0) is 0 Å². The third-order valence-corrected chi connectivity index (χ3v) is 4.35. The van der Waals surface area contributed by atoms with Crippen molar-refractivity contribution in [3.8, 4) is 22.7 Å². The smallest absolute Gasteiger partial charge is 0.259 e. The fourth-order valence-electron chi connectivity index (χ4n) is 3.01. The first-order valence-corrected chi connectivity index (χ1v) is 9.35. The summed E-state index contributed by atoms with van der Waals surface area (Å²) in [6, 6.07) is 20.7. The van der Waals surface area contributed by atoms with Crippen molar-refractivity contribution in [2.24, 2.45) is 0 Å². The van der Waals surface area contributed by atoms with E-state index in [1.807, 2.05) is 73.7 Å². The van der Waals surface area contributed by atoms with Crippen LogP contribution in [0.25, 0.3) is 16.9 Å². The molecular formula is C23H20N4O2. The van der Waals surface area contributed by atoms with Crippen LogP contribution in [0, 0.1) is 0 Å². The molecule has 29 heavy (non-hydrogen) atoms. The van der Waals surface area contributed by atoms with Crippen LogP contribution in [0.2, 0.25) is 0 Å². The van der Waals surface area contributed by atoms with Crippen molar-refractivity contribution in [2.45, 2.75) is 6.92 Å². The van der Waals surface area contributed by atoms with Crippen molar-refractivity contribution in [3.05, 3.63) is 90.9 Å². The van der Waals surface area contributed by atoms with E-state index in [1.165, 1.54) is 0 Å². The first-order chi connectivity index (χ1) is 14.3. The molecule has 0 aliphatic carbocycles. The third kappa shape index (κ3) is 4.01. The van der Waals surface area contributed by atoms with Gasteiger partial charge in [0.15, 0.2) is 0 Å². The van der Waals surface area contributed by atoms with Gasteiger partial charge >= 0.3 is 0 Å². The number of aromatic nitrogens is 3. The highest BCUT2D eigenvalue weighted by Gasteiger charge is 2.20. The molecule has 0 fully saturated rings. The first kappa shape index (κ1) is 18.4. The lowest BCUT2D eigenvalue weighted by Crippen LogP contribution is -2.13. The quantitative estimate of drug-likeness (QED) is 0.528. The SMILES string of the molecule is CCOc1ccccc1NC(=O)c1cn(-c2ccccc2)nc1-c1cccnc1. The predicted octanol–water partition coefficient (Wildman–Crippen LogP) is 4.59. The first-order valence-electron chi connectivity index (χ1n) is 9.35. The Morgan fingerprint density at radius 2 is 1.83 bits per heavy atom. The van der Waals surface area contributed by atoms with Crippen molar-refractivity contribution >= 4 is 11.6 Å². The Bertz CT molecular complexity index is 1110. The van der Waals surface area contributed by atoms with E-state index in [9.17, 15) is 4.79 Å². The number of carbonyl (C=O) groups is 1. The number of anilines is 1. The average Bonchev–Trinajstić information content (AvgIpc) is 3.22. The second-order valence-electron chi connectivity index (χ2n) is 6.30. The minimum atomic E-state index is -0.266. The number of nitrogens with one attached hydrogen (secondary N) is 1. The van der Waals surface area contributed by atoms with E-state index in [-0.39, 0.29) is 5.91 Å². The largest absolute Gasteiger partial charge is 0.492 e. The highest BCUT2D eigenvalue weighted by molar-refractivity contribution is 6.08. The number of carbonyl (C=O) groups excluding carboxylic acids is 1. The monoisotopic (exact) mass is 384 g/mol. The molecule has 4 aromatic rings. The molecule has 0 aliphatic rings. The minimum absolute atomic E-state index is 0.266. The zero-order chi connectivity index (χ0) is 20.1. The molecule has 0 atom stereocenters. The molecule has 6 heteroatoms. The summed E-state index contributed by atoms with van der Waals surface area (Å²) in [6.45, 7) is 2.42. The molecule has 0 saturated heterocycles. The lowest BCUT2D eigenvalue weighted by atomic mass is 10.1. The van der Waals surface area contributed by atoms with Crippen LogP contribution >= 0.6 is 0 Å². The zero-order valence-corrected chi connectivity index (χ0v) is 15.9. The molecule has 0 aliphatic heterocycles. The molecule has 6 nitrogen and oxygen atoms in total. The summed E-state index contributed by atoms with van der Waals surface area (Å²) in [5.41, 5.74) is 3.27. The summed E-state index contributed by atoms with van der Waals surface area (Å²) in [4.78, 5) is 17.3. The van der Waals surface area contributed by atoms with Gasteiger partial charge in [0, 0.05) is 24.2 Å². The third-order valence-electron chi connectivity index (χ3n) is 4.35. The molecule has 2 aromatic carbocycles. The van der Waals surface area contributed by atoms with Crippen LogP contribution in [-0.4, -0.2) is 27.3 Å². The van der Waals surface area contributed by atoms with Gasteiger partial charge in [0.25, 0.3) is 5.91 Å². The number of pyridine rings is 1. The van der Waals surface area contributed by atoms with E-state index in [2.05, 4.69) is 15.4 Å². The van der Waals surface area contributed by atoms with Gasteiger partial charge in [-0.1, -0.05) is 30.3 Å². The Balaban J connectivity index is 1.74. The molecule has 2 heterocycles. The molecule has 1 N–H and O–H groups in total. The van der Waals surface area contributed by atoms with Gasteiger partial charge in [0.2, 0.25) is 0 Å². The van der Waals surface area contributed by atoms with Crippen molar-refractivity contribution in [2.75, 3.05) is 11.9 Å². The molecule has 0 saturated carbocycles. The second-order valence-corrected chi connectivity index (χ2v) is 6.30. The van der Waals surface area contributed by atoms with Gasteiger partial charge in [-0.15, -0.1) is 0 Å². The van der Waals surface area contributed by atoms with Crippen LogP contribution in [0.5, 0.6) is 5.75 Å².